The monoisotopic (exact) mass is 302 g/mol. The third-order valence-corrected chi connectivity index (χ3v) is 3.03. The molecule has 0 fully saturated rings. The summed E-state index contributed by atoms with van der Waals surface area (Å²) in [6, 6.07) is 5.22. The van der Waals surface area contributed by atoms with Gasteiger partial charge in [-0.15, -0.1) is 0 Å². The Morgan fingerprint density at radius 2 is 2.06 bits per heavy atom. The van der Waals surface area contributed by atoms with Gasteiger partial charge in [0.2, 0.25) is 0 Å². The van der Waals surface area contributed by atoms with Crippen molar-refractivity contribution in [2.24, 2.45) is 0 Å². The fourth-order valence-electron chi connectivity index (χ4n) is 1.52. The Morgan fingerprint density at radius 1 is 1.44 bits per heavy atom. The molecule has 0 radical (unpaired) electrons. The molecular weight excluding hydrogens is 291 g/mol. The van der Waals surface area contributed by atoms with Gasteiger partial charge in [0.05, 0.1) is 5.57 Å². The fourth-order valence-corrected chi connectivity index (χ4v) is 2.17. The Labute approximate surface area is 108 Å². The second kappa shape index (κ2) is 5.51. The molecule has 86 valence electrons. The number of halogens is 2. The quantitative estimate of drug-likeness (QED) is 0.674. The largest absolute Gasteiger partial charge is 0.478 e. The zero-order valence-electron chi connectivity index (χ0n) is 9.05. The van der Waals surface area contributed by atoms with Crippen LogP contribution in [-0.2, 0) is 10.1 Å². The summed E-state index contributed by atoms with van der Waals surface area (Å²) in [5, 5.41) is 10.4. The molecule has 0 aliphatic heterocycles. The summed E-state index contributed by atoms with van der Waals surface area (Å²) in [5.74, 6) is -0.912. The number of rotatable bonds is 3. The van der Waals surface area contributed by atoms with Gasteiger partial charge in [0.1, 0.15) is 0 Å². The second-order valence-electron chi connectivity index (χ2n) is 3.62. The number of carboxylic acids is 1. The summed E-state index contributed by atoms with van der Waals surface area (Å²) >= 11 is 9.21. The van der Waals surface area contributed by atoms with Crippen molar-refractivity contribution in [2.45, 2.75) is 19.2 Å². The van der Waals surface area contributed by atoms with Gasteiger partial charge >= 0.3 is 5.97 Å². The minimum absolute atomic E-state index is 0.339. The molecule has 1 N–H and O–H groups in total. The molecule has 16 heavy (non-hydrogen) atoms. The molecule has 0 spiro atoms. The van der Waals surface area contributed by atoms with E-state index in [0.29, 0.717) is 21.5 Å². The van der Waals surface area contributed by atoms with Crippen molar-refractivity contribution in [1.29, 1.82) is 0 Å². The van der Waals surface area contributed by atoms with Gasteiger partial charge in [-0.3, -0.25) is 0 Å². The second-order valence-corrected chi connectivity index (χ2v) is 4.61. The van der Waals surface area contributed by atoms with Crippen molar-refractivity contribution < 1.29 is 9.90 Å². The van der Waals surface area contributed by atoms with Gasteiger partial charge in [-0.05, 0) is 37.1 Å². The maximum atomic E-state index is 11.2. The Kier molecular flexibility index (Phi) is 4.56. The predicted octanol–water partition coefficient (Wildman–Crippen LogP) is 4.11. The maximum Gasteiger partial charge on any atom is 0.336 e. The van der Waals surface area contributed by atoms with Crippen LogP contribution in [0.3, 0.4) is 0 Å². The van der Waals surface area contributed by atoms with Gasteiger partial charge in [0.25, 0.3) is 0 Å². The topological polar surface area (TPSA) is 37.3 Å². The van der Waals surface area contributed by atoms with Crippen LogP contribution in [0.4, 0.5) is 0 Å². The SMILES string of the molecule is CC(C)=C(C(=O)O)c1ccc(Cl)cc1CBr. The van der Waals surface area contributed by atoms with Crippen LogP contribution in [0.5, 0.6) is 0 Å². The number of hydrogen-bond donors (Lipinski definition) is 1. The minimum atomic E-state index is -0.912. The zero-order chi connectivity index (χ0) is 12.3. The van der Waals surface area contributed by atoms with Gasteiger partial charge in [-0.2, -0.15) is 0 Å². The molecule has 0 bridgehead atoms. The lowest BCUT2D eigenvalue weighted by Crippen LogP contribution is -2.04. The van der Waals surface area contributed by atoms with E-state index >= 15 is 0 Å². The predicted molar refractivity (Wildman–Crippen MR) is 70.0 cm³/mol. The van der Waals surface area contributed by atoms with Crippen molar-refractivity contribution in [1.82, 2.24) is 0 Å². The van der Waals surface area contributed by atoms with Crippen molar-refractivity contribution >= 4 is 39.1 Å². The number of hydrogen-bond acceptors (Lipinski definition) is 1. The molecule has 4 heteroatoms. The summed E-state index contributed by atoms with van der Waals surface area (Å²) in [4.78, 5) is 11.2. The average molecular weight is 304 g/mol. The van der Waals surface area contributed by atoms with Crippen LogP contribution in [0.1, 0.15) is 25.0 Å². The summed E-state index contributed by atoms with van der Waals surface area (Å²) in [7, 11) is 0. The van der Waals surface area contributed by atoms with E-state index in [1.807, 2.05) is 0 Å². The van der Waals surface area contributed by atoms with Crippen LogP contribution in [0.2, 0.25) is 5.02 Å². The van der Waals surface area contributed by atoms with Gasteiger partial charge in [0.15, 0.2) is 0 Å². The van der Waals surface area contributed by atoms with Crippen LogP contribution in [0.15, 0.2) is 23.8 Å². The van der Waals surface area contributed by atoms with E-state index in [1.165, 1.54) is 0 Å². The Bertz CT molecular complexity index is 448. The van der Waals surface area contributed by atoms with Crippen LogP contribution < -0.4 is 0 Å². The molecule has 0 aliphatic rings. The van der Waals surface area contributed by atoms with Gasteiger partial charge in [-0.1, -0.05) is 39.2 Å². The van der Waals surface area contributed by atoms with E-state index in [2.05, 4.69) is 15.9 Å². The first-order valence-electron chi connectivity index (χ1n) is 4.73. The molecule has 0 aliphatic carbocycles. The number of benzene rings is 1. The van der Waals surface area contributed by atoms with Crippen LogP contribution in [0, 0.1) is 0 Å². The molecule has 0 amide bonds. The van der Waals surface area contributed by atoms with E-state index in [4.69, 9.17) is 11.6 Å². The van der Waals surface area contributed by atoms with Crippen LogP contribution >= 0.6 is 27.5 Å². The molecule has 0 unspecified atom stereocenters. The molecule has 0 saturated carbocycles. The van der Waals surface area contributed by atoms with Crippen molar-refractivity contribution in [3.05, 3.63) is 39.9 Å². The Balaban J connectivity index is 3.42. The van der Waals surface area contributed by atoms with Crippen LogP contribution in [-0.4, -0.2) is 11.1 Å². The molecule has 1 aromatic carbocycles. The third-order valence-electron chi connectivity index (χ3n) is 2.19. The first-order chi connectivity index (χ1) is 7.47. The molecule has 0 heterocycles. The van der Waals surface area contributed by atoms with Gasteiger partial charge in [0, 0.05) is 10.4 Å². The molecule has 1 rings (SSSR count). The normalized spacial score (nSPS) is 10.0. The first-order valence-corrected chi connectivity index (χ1v) is 6.22. The van der Waals surface area contributed by atoms with Crippen LogP contribution in [0.25, 0.3) is 5.57 Å². The lowest BCUT2D eigenvalue weighted by molar-refractivity contribution is -0.130. The Morgan fingerprint density at radius 3 is 2.50 bits per heavy atom. The van der Waals surface area contributed by atoms with Crippen molar-refractivity contribution in [2.75, 3.05) is 0 Å². The number of aliphatic carboxylic acids is 1. The van der Waals surface area contributed by atoms with E-state index in [1.54, 1.807) is 32.0 Å². The maximum absolute atomic E-state index is 11.2. The molecule has 2 nitrogen and oxygen atoms in total. The third kappa shape index (κ3) is 2.86. The molecule has 0 atom stereocenters. The van der Waals surface area contributed by atoms with Gasteiger partial charge < -0.3 is 5.11 Å². The molecular formula is C12H12BrClO2. The van der Waals surface area contributed by atoms with Crippen molar-refractivity contribution in [3.63, 3.8) is 0 Å². The molecule has 0 saturated heterocycles. The highest BCUT2D eigenvalue weighted by molar-refractivity contribution is 9.08. The lowest BCUT2D eigenvalue weighted by atomic mass is 9.97. The lowest BCUT2D eigenvalue weighted by Gasteiger charge is -2.10. The van der Waals surface area contributed by atoms with E-state index < -0.39 is 5.97 Å². The molecule has 0 aromatic heterocycles. The average Bonchev–Trinajstić information content (AvgIpc) is 2.19. The Hall–Kier alpha value is -0.800. The highest BCUT2D eigenvalue weighted by Gasteiger charge is 2.15. The highest BCUT2D eigenvalue weighted by atomic mass is 79.9. The molecule has 1 aromatic rings. The first kappa shape index (κ1) is 13.3. The van der Waals surface area contributed by atoms with Gasteiger partial charge in [-0.25, -0.2) is 4.79 Å². The smallest absolute Gasteiger partial charge is 0.336 e. The summed E-state index contributed by atoms with van der Waals surface area (Å²) in [6.45, 7) is 3.58. The number of carbonyl (C=O) groups is 1. The standard InChI is InChI=1S/C12H12BrClO2/c1-7(2)11(12(15)16)10-4-3-9(14)5-8(10)6-13/h3-5H,6H2,1-2H3,(H,15,16). The number of alkyl halides is 1. The van der Waals surface area contributed by atoms with E-state index in [0.717, 1.165) is 11.1 Å². The van der Waals surface area contributed by atoms with Crippen molar-refractivity contribution in [3.8, 4) is 0 Å². The summed E-state index contributed by atoms with van der Waals surface area (Å²) in [5.41, 5.74) is 2.71. The number of carboxylic acid groups (broad SMARTS) is 1. The highest BCUT2D eigenvalue weighted by Crippen LogP contribution is 2.27. The summed E-state index contributed by atoms with van der Waals surface area (Å²) in [6.07, 6.45) is 0. The number of allylic oxidation sites excluding steroid dienone is 1. The van der Waals surface area contributed by atoms with E-state index in [-0.39, 0.29) is 0 Å². The zero-order valence-corrected chi connectivity index (χ0v) is 11.4. The minimum Gasteiger partial charge on any atom is -0.478 e. The fraction of sp³-hybridized carbons (Fsp3) is 0.250. The summed E-state index contributed by atoms with van der Waals surface area (Å²) < 4.78 is 0. The van der Waals surface area contributed by atoms with E-state index in [9.17, 15) is 9.90 Å².